The van der Waals surface area contributed by atoms with Gasteiger partial charge < -0.3 is 15.5 Å². The van der Waals surface area contributed by atoms with Crippen LogP contribution in [0.5, 0.6) is 5.75 Å². The average molecular weight is 377 g/mol. The number of nitrogen functional groups attached to an aromatic ring is 1. The Hall–Kier alpha value is -3.29. The lowest BCUT2D eigenvalue weighted by Crippen LogP contribution is -2.24. The van der Waals surface area contributed by atoms with Gasteiger partial charge >= 0.3 is 0 Å². The number of hydrogen-bond donors (Lipinski definition) is 2. The van der Waals surface area contributed by atoms with E-state index in [0.29, 0.717) is 23.4 Å². The van der Waals surface area contributed by atoms with Crippen LogP contribution in [0.2, 0.25) is 0 Å². The predicted molar refractivity (Wildman–Crippen MR) is 107 cm³/mol. The molecule has 2 heterocycles. The van der Waals surface area contributed by atoms with Gasteiger partial charge in [0.15, 0.2) is 0 Å². The number of ether oxygens (including phenoxy) is 1. The van der Waals surface area contributed by atoms with E-state index in [-0.39, 0.29) is 16.9 Å². The smallest absolute Gasteiger partial charge is 0.268 e. The molecule has 1 saturated heterocycles. The van der Waals surface area contributed by atoms with Gasteiger partial charge in [-0.25, -0.2) is 0 Å². The third-order valence-electron chi connectivity index (χ3n) is 5.14. The Kier molecular flexibility index (Phi) is 5.98. The van der Waals surface area contributed by atoms with E-state index >= 15 is 0 Å². The Balaban J connectivity index is 2.19. The minimum absolute atomic E-state index is 0.0296. The third kappa shape index (κ3) is 3.85. The van der Waals surface area contributed by atoms with Crippen LogP contribution in [0.3, 0.4) is 0 Å². The number of benzene rings is 1. The summed E-state index contributed by atoms with van der Waals surface area (Å²) in [4.78, 5) is 17.1. The Morgan fingerprint density at radius 3 is 2.43 bits per heavy atom. The van der Waals surface area contributed by atoms with E-state index in [0.717, 1.165) is 31.5 Å². The number of nitrogens with one attached hydrogen (secondary N) is 1. The molecule has 1 aromatic heterocycles. The predicted octanol–water partition coefficient (Wildman–Crippen LogP) is 2.75. The van der Waals surface area contributed by atoms with Crippen LogP contribution < -0.4 is 16.0 Å². The van der Waals surface area contributed by atoms with Crippen molar-refractivity contribution in [1.29, 1.82) is 10.5 Å². The first-order chi connectivity index (χ1) is 13.6. The minimum atomic E-state index is -0.592. The van der Waals surface area contributed by atoms with Crippen molar-refractivity contribution in [2.45, 2.75) is 32.2 Å². The van der Waals surface area contributed by atoms with Crippen LogP contribution in [0.4, 0.5) is 5.82 Å². The molecule has 7 heteroatoms. The zero-order valence-electron chi connectivity index (χ0n) is 15.9. The van der Waals surface area contributed by atoms with Crippen LogP contribution in [0.1, 0.15) is 42.4 Å². The molecule has 0 saturated carbocycles. The SMILES string of the molecule is COc1ccc(-c2c(C#N)c(N)[nH]c(=O)c2C#N)c(CN2CCCCCC2)c1. The van der Waals surface area contributed by atoms with Gasteiger partial charge in [0.05, 0.1) is 7.11 Å². The molecule has 0 aliphatic carbocycles. The summed E-state index contributed by atoms with van der Waals surface area (Å²) in [5, 5.41) is 19.2. The van der Waals surface area contributed by atoms with Crippen LogP contribution in [-0.4, -0.2) is 30.1 Å². The molecule has 1 aliphatic rings. The number of H-pyrrole nitrogens is 1. The van der Waals surface area contributed by atoms with Gasteiger partial charge in [0, 0.05) is 12.1 Å². The number of nitrogens with zero attached hydrogens (tertiary/aromatic N) is 3. The molecule has 0 unspecified atom stereocenters. The third-order valence-corrected chi connectivity index (χ3v) is 5.14. The number of aromatic nitrogens is 1. The normalized spacial score (nSPS) is 14.7. The summed E-state index contributed by atoms with van der Waals surface area (Å²) in [5.74, 6) is 0.654. The van der Waals surface area contributed by atoms with Crippen LogP contribution in [-0.2, 0) is 6.54 Å². The summed E-state index contributed by atoms with van der Waals surface area (Å²) >= 11 is 0. The maximum atomic E-state index is 12.3. The Morgan fingerprint density at radius 2 is 1.82 bits per heavy atom. The maximum absolute atomic E-state index is 12.3. The van der Waals surface area contributed by atoms with E-state index in [4.69, 9.17) is 10.5 Å². The van der Waals surface area contributed by atoms with Gasteiger partial charge in [-0.05, 0) is 49.2 Å². The highest BCUT2D eigenvalue weighted by Crippen LogP contribution is 2.34. The van der Waals surface area contributed by atoms with E-state index in [9.17, 15) is 15.3 Å². The lowest BCUT2D eigenvalue weighted by molar-refractivity contribution is 0.277. The highest BCUT2D eigenvalue weighted by molar-refractivity contribution is 5.82. The molecule has 3 rings (SSSR count). The molecule has 0 bridgehead atoms. The second-order valence-electron chi connectivity index (χ2n) is 6.93. The van der Waals surface area contributed by atoms with Crippen molar-refractivity contribution < 1.29 is 4.74 Å². The van der Waals surface area contributed by atoms with Gasteiger partial charge in [-0.1, -0.05) is 18.9 Å². The fourth-order valence-corrected chi connectivity index (χ4v) is 3.72. The van der Waals surface area contributed by atoms with E-state index in [1.165, 1.54) is 12.8 Å². The fraction of sp³-hybridized carbons (Fsp3) is 0.381. The second-order valence-corrected chi connectivity index (χ2v) is 6.93. The molecule has 144 valence electrons. The van der Waals surface area contributed by atoms with Gasteiger partial charge in [-0.2, -0.15) is 10.5 Å². The Morgan fingerprint density at radius 1 is 1.14 bits per heavy atom. The first-order valence-corrected chi connectivity index (χ1v) is 9.34. The van der Waals surface area contributed by atoms with Crippen molar-refractivity contribution in [1.82, 2.24) is 9.88 Å². The molecule has 1 aliphatic heterocycles. The number of likely N-dealkylation sites (tertiary alicyclic amines) is 1. The largest absolute Gasteiger partial charge is 0.497 e. The van der Waals surface area contributed by atoms with Crippen molar-refractivity contribution in [3.63, 3.8) is 0 Å². The summed E-state index contributed by atoms with van der Waals surface area (Å²) in [5.41, 5.74) is 7.15. The summed E-state index contributed by atoms with van der Waals surface area (Å²) < 4.78 is 5.38. The van der Waals surface area contributed by atoms with Gasteiger partial charge in [0.2, 0.25) is 0 Å². The molecular formula is C21H23N5O2. The molecule has 0 atom stereocenters. The monoisotopic (exact) mass is 377 g/mol. The van der Waals surface area contributed by atoms with E-state index in [1.54, 1.807) is 19.2 Å². The van der Waals surface area contributed by atoms with Gasteiger partial charge in [0.1, 0.15) is 34.8 Å². The number of anilines is 1. The quantitative estimate of drug-likeness (QED) is 0.845. The molecule has 2 aromatic rings. The number of methoxy groups -OCH3 is 1. The second kappa shape index (κ2) is 8.60. The summed E-state index contributed by atoms with van der Waals surface area (Å²) in [6.45, 7) is 2.63. The van der Waals surface area contributed by atoms with Gasteiger partial charge in [-0.3, -0.25) is 9.69 Å². The molecule has 1 fully saturated rings. The van der Waals surface area contributed by atoms with E-state index < -0.39 is 5.56 Å². The first-order valence-electron chi connectivity index (χ1n) is 9.34. The van der Waals surface area contributed by atoms with Crippen molar-refractivity contribution in [3.8, 4) is 29.0 Å². The topological polar surface area (TPSA) is 119 Å². The number of nitriles is 2. The van der Waals surface area contributed by atoms with Crippen LogP contribution in [0.15, 0.2) is 23.0 Å². The molecule has 0 amide bonds. The van der Waals surface area contributed by atoms with Gasteiger partial charge in [0.25, 0.3) is 5.56 Å². The highest BCUT2D eigenvalue weighted by atomic mass is 16.5. The first kappa shape index (κ1) is 19.5. The molecule has 3 N–H and O–H groups in total. The van der Waals surface area contributed by atoms with E-state index in [2.05, 4.69) is 9.88 Å². The number of hydrogen-bond acceptors (Lipinski definition) is 6. The highest BCUT2D eigenvalue weighted by Gasteiger charge is 2.22. The molecule has 28 heavy (non-hydrogen) atoms. The molecule has 1 aromatic carbocycles. The standard InChI is InChI=1S/C21H23N5O2/c1-28-15-6-7-16(14(10-15)13-26-8-4-2-3-5-9-26)19-17(11-22)20(24)25-21(27)18(19)12-23/h6-7,10H,2-5,8-9,13H2,1H3,(H3,24,25,27). The molecule has 7 nitrogen and oxygen atoms in total. The minimum Gasteiger partial charge on any atom is -0.497 e. The molecule has 0 spiro atoms. The Bertz CT molecular complexity index is 1010. The van der Waals surface area contributed by atoms with Crippen molar-refractivity contribution in [2.75, 3.05) is 25.9 Å². The van der Waals surface area contributed by atoms with Crippen molar-refractivity contribution in [2.24, 2.45) is 0 Å². The Labute approximate surface area is 164 Å². The van der Waals surface area contributed by atoms with Crippen molar-refractivity contribution in [3.05, 3.63) is 45.2 Å². The van der Waals surface area contributed by atoms with Crippen LogP contribution in [0, 0.1) is 22.7 Å². The van der Waals surface area contributed by atoms with Crippen molar-refractivity contribution >= 4 is 5.82 Å². The zero-order chi connectivity index (χ0) is 20.1. The average Bonchev–Trinajstić information content (AvgIpc) is 2.96. The number of aromatic amines is 1. The summed E-state index contributed by atoms with van der Waals surface area (Å²) in [6.07, 6.45) is 4.74. The molecular weight excluding hydrogens is 354 g/mol. The number of pyridine rings is 1. The van der Waals surface area contributed by atoms with Crippen LogP contribution in [0.25, 0.3) is 11.1 Å². The fourth-order valence-electron chi connectivity index (χ4n) is 3.72. The van der Waals surface area contributed by atoms with E-state index in [1.807, 2.05) is 18.2 Å². The molecule has 0 radical (unpaired) electrons. The maximum Gasteiger partial charge on any atom is 0.268 e. The van der Waals surface area contributed by atoms with Gasteiger partial charge in [-0.15, -0.1) is 0 Å². The summed E-state index contributed by atoms with van der Waals surface area (Å²) in [7, 11) is 1.59. The number of nitrogens with two attached hydrogens (primary N) is 1. The lowest BCUT2D eigenvalue weighted by atomic mass is 9.92. The zero-order valence-corrected chi connectivity index (χ0v) is 15.9. The lowest BCUT2D eigenvalue weighted by Gasteiger charge is -2.22. The summed E-state index contributed by atoms with van der Waals surface area (Å²) in [6, 6.07) is 9.44. The number of rotatable bonds is 4. The van der Waals surface area contributed by atoms with Crippen LogP contribution >= 0.6 is 0 Å².